The first-order valence-corrected chi connectivity index (χ1v) is 6.14. The molecule has 0 aliphatic carbocycles. The van der Waals surface area contributed by atoms with Crippen LogP contribution in [0.15, 0.2) is 42.5 Å². The largest absolute Gasteiger partial charge is 0.496 e. The highest BCUT2D eigenvalue weighted by atomic mass is 16.7. The lowest BCUT2D eigenvalue weighted by Crippen LogP contribution is -2.00. The van der Waals surface area contributed by atoms with Crippen molar-refractivity contribution in [1.82, 2.24) is 0 Å². The van der Waals surface area contributed by atoms with Crippen molar-refractivity contribution >= 4 is 6.29 Å². The molecule has 4 nitrogen and oxygen atoms in total. The van der Waals surface area contributed by atoms with Crippen LogP contribution >= 0.6 is 0 Å². The molecule has 0 saturated carbocycles. The first kappa shape index (κ1) is 14.1. The van der Waals surface area contributed by atoms with Crippen LogP contribution in [-0.4, -0.2) is 27.3 Å². The maximum absolute atomic E-state index is 10.9. The molecule has 2 aromatic rings. The van der Waals surface area contributed by atoms with Gasteiger partial charge in [-0.2, -0.15) is 0 Å². The molecule has 4 heteroatoms. The maximum atomic E-state index is 10.9. The fraction of sp³-hybridized carbons (Fsp3) is 0.188. The van der Waals surface area contributed by atoms with Crippen LogP contribution in [0.4, 0.5) is 0 Å². The lowest BCUT2D eigenvalue weighted by molar-refractivity contribution is 0.0515. The summed E-state index contributed by atoms with van der Waals surface area (Å²) in [5.41, 5.74) is 2.35. The van der Waals surface area contributed by atoms with Crippen LogP contribution in [0.1, 0.15) is 10.4 Å². The third-order valence-electron chi connectivity index (χ3n) is 2.89. The van der Waals surface area contributed by atoms with E-state index >= 15 is 0 Å². The zero-order valence-corrected chi connectivity index (χ0v) is 11.5. The topological polar surface area (TPSA) is 44.8 Å². The molecule has 0 heterocycles. The quantitative estimate of drug-likeness (QED) is 0.598. The van der Waals surface area contributed by atoms with E-state index in [1.54, 1.807) is 20.3 Å². The summed E-state index contributed by atoms with van der Waals surface area (Å²) in [5, 5.41) is 0. The van der Waals surface area contributed by atoms with Gasteiger partial charge < -0.3 is 14.2 Å². The molecule has 0 radical (unpaired) electrons. The predicted molar refractivity (Wildman–Crippen MR) is 76.3 cm³/mol. The van der Waals surface area contributed by atoms with Gasteiger partial charge in [0.05, 0.1) is 12.7 Å². The summed E-state index contributed by atoms with van der Waals surface area (Å²) in [5.74, 6) is 1.26. The van der Waals surface area contributed by atoms with Crippen LogP contribution in [-0.2, 0) is 4.74 Å². The zero-order valence-electron chi connectivity index (χ0n) is 11.5. The molecule has 0 N–H and O–H groups in total. The van der Waals surface area contributed by atoms with Crippen molar-refractivity contribution in [3.63, 3.8) is 0 Å². The molecule has 0 bridgehead atoms. The SMILES string of the molecule is COCOc1ccccc1-c1ccc(C=O)c(OC)c1. The Morgan fingerprint density at radius 1 is 1.05 bits per heavy atom. The van der Waals surface area contributed by atoms with Gasteiger partial charge in [0.25, 0.3) is 0 Å². The normalized spacial score (nSPS) is 10.1. The average molecular weight is 272 g/mol. The first-order valence-electron chi connectivity index (χ1n) is 6.14. The van der Waals surface area contributed by atoms with E-state index in [4.69, 9.17) is 14.2 Å². The minimum Gasteiger partial charge on any atom is -0.496 e. The number of hydrogen-bond acceptors (Lipinski definition) is 4. The van der Waals surface area contributed by atoms with Gasteiger partial charge in [-0.15, -0.1) is 0 Å². The van der Waals surface area contributed by atoms with Crippen molar-refractivity contribution in [3.8, 4) is 22.6 Å². The molecule has 2 rings (SSSR count). The van der Waals surface area contributed by atoms with Gasteiger partial charge in [-0.25, -0.2) is 0 Å². The Bertz CT molecular complexity index is 593. The number of carbonyl (C=O) groups excluding carboxylic acids is 1. The Balaban J connectivity index is 2.43. The Morgan fingerprint density at radius 2 is 1.85 bits per heavy atom. The van der Waals surface area contributed by atoms with E-state index in [0.29, 0.717) is 11.3 Å². The van der Waals surface area contributed by atoms with Gasteiger partial charge in [-0.1, -0.05) is 24.3 Å². The Kier molecular flexibility index (Phi) is 4.74. The number of aldehydes is 1. The van der Waals surface area contributed by atoms with E-state index in [1.807, 2.05) is 36.4 Å². The Labute approximate surface area is 117 Å². The van der Waals surface area contributed by atoms with Crippen molar-refractivity contribution in [2.75, 3.05) is 21.0 Å². The summed E-state index contributed by atoms with van der Waals surface area (Å²) >= 11 is 0. The van der Waals surface area contributed by atoms with Crippen molar-refractivity contribution in [2.45, 2.75) is 0 Å². The van der Waals surface area contributed by atoms with Gasteiger partial charge in [-0.3, -0.25) is 4.79 Å². The van der Waals surface area contributed by atoms with Gasteiger partial charge in [0.15, 0.2) is 13.1 Å². The lowest BCUT2D eigenvalue weighted by Gasteiger charge is -2.12. The molecule has 0 aromatic heterocycles. The van der Waals surface area contributed by atoms with Crippen LogP contribution in [0.5, 0.6) is 11.5 Å². The van der Waals surface area contributed by atoms with Crippen molar-refractivity contribution < 1.29 is 19.0 Å². The predicted octanol–water partition coefficient (Wildman–Crippen LogP) is 3.16. The highest BCUT2D eigenvalue weighted by Crippen LogP contribution is 2.33. The number of rotatable bonds is 6. The van der Waals surface area contributed by atoms with Crippen LogP contribution in [0, 0.1) is 0 Å². The molecular weight excluding hydrogens is 256 g/mol. The van der Waals surface area contributed by atoms with Crippen LogP contribution in [0.25, 0.3) is 11.1 Å². The maximum Gasteiger partial charge on any atom is 0.188 e. The van der Waals surface area contributed by atoms with E-state index < -0.39 is 0 Å². The van der Waals surface area contributed by atoms with E-state index in [0.717, 1.165) is 23.2 Å². The molecular formula is C16H16O4. The van der Waals surface area contributed by atoms with Gasteiger partial charge >= 0.3 is 0 Å². The third kappa shape index (κ3) is 2.97. The highest BCUT2D eigenvalue weighted by molar-refractivity contribution is 5.82. The second-order valence-electron chi connectivity index (χ2n) is 4.12. The number of ether oxygens (including phenoxy) is 3. The average Bonchev–Trinajstić information content (AvgIpc) is 2.52. The summed E-state index contributed by atoms with van der Waals surface area (Å²) in [7, 11) is 3.12. The number of carbonyl (C=O) groups is 1. The Morgan fingerprint density at radius 3 is 2.55 bits per heavy atom. The van der Waals surface area contributed by atoms with Gasteiger partial charge in [-0.05, 0) is 23.8 Å². The number of hydrogen-bond donors (Lipinski definition) is 0. The van der Waals surface area contributed by atoms with E-state index in [1.165, 1.54) is 0 Å². The molecule has 0 aliphatic rings. The minimum absolute atomic E-state index is 0.181. The summed E-state index contributed by atoms with van der Waals surface area (Å²) in [6.07, 6.45) is 0.774. The zero-order chi connectivity index (χ0) is 14.4. The molecule has 20 heavy (non-hydrogen) atoms. The molecule has 0 unspecified atom stereocenters. The van der Waals surface area contributed by atoms with Crippen molar-refractivity contribution in [3.05, 3.63) is 48.0 Å². The van der Waals surface area contributed by atoms with Crippen molar-refractivity contribution in [2.24, 2.45) is 0 Å². The van der Waals surface area contributed by atoms with Crippen LogP contribution in [0.2, 0.25) is 0 Å². The number of methoxy groups -OCH3 is 2. The van der Waals surface area contributed by atoms with Gasteiger partial charge in [0.1, 0.15) is 11.5 Å². The molecule has 0 atom stereocenters. The summed E-state index contributed by atoms with van der Waals surface area (Å²) in [4.78, 5) is 10.9. The van der Waals surface area contributed by atoms with E-state index in [9.17, 15) is 4.79 Å². The standard InChI is InChI=1S/C16H16O4/c1-18-11-20-15-6-4-3-5-14(15)12-7-8-13(10-17)16(9-12)19-2/h3-10H,11H2,1-2H3. The molecule has 0 fully saturated rings. The van der Waals surface area contributed by atoms with E-state index in [2.05, 4.69) is 0 Å². The molecule has 0 saturated heterocycles. The molecule has 0 amide bonds. The summed E-state index contributed by atoms with van der Waals surface area (Å²) < 4.78 is 15.7. The van der Waals surface area contributed by atoms with Crippen LogP contribution in [0.3, 0.4) is 0 Å². The smallest absolute Gasteiger partial charge is 0.188 e. The molecule has 0 aliphatic heterocycles. The minimum atomic E-state index is 0.181. The monoisotopic (exact) mass is 272 g/mol. The molecule has 2 aromatic carbocycles. The fourth-order valence-electron chi connectivity index (χ4n) is 1.93. The number of benzene rings is 2. The lowest BCUT2D eigenvalue weighted by atomic mass is 10.0. The molecule has 104 valence electrons. The van der Waals surface area contributed by atoms with E-state index in [-0.39, 0.29) is 6.79 Å². The summed E-state index contributed by atoms with van der Waals surface area (Å²) in [6, 6.07) is 13.0. The number of para-hydroxylation sites is 1. The van der Waals surface area contributed by atoms with Gasteiger partial charge in [0.2, 0.25) is 0 Å². The summed E-state index contributed by atoms with van der Waals surface area (Å²) in [6.45, 7) is 0.181. The van der Waals surface area contributed by atoms with Crippen LogP contribution < -0.4 is 9.47 Å². The van der Waals surface area contributed by atoms with Crippen molar-refractivity contribution in [1.29, 1.82) is 0 Å². The fourth-order valence-corrected chi connectivity index (χ4v) is 1.93. The first-order chi connectivity index (χ1) is 9.80. The second kappa shape index (κ2) is 6.73. The molecule has 0 spiro atoms. The Hall–Kier alpha value is -2.33. The second-order valence-corrected chi connectivity index (χ2v) is 4.12. The highest BCUT2D eigenvalue weighted by Gasteiger charge is 2.09. The third-order valence-corrected chi connectivity index (χ3v) is 2.89. The van der Waals surface area contributed by atoms with Gasteiger partial charge in [0, 0.05) is 12.7 Å².